The van der Waals surface area contributed by atoms with Crippen molar-refractivity contribution in [1.29, 1.82) is 0 Å². The van der Waals surface area contributed by atoms with Gasteiger partial charge in [0.2, 0.25) is 5.82 Å². The molecular formula is C26H20F8O3. The number of ether oxygens (including phenoxy) is 2. The van der Waals surface area contributed by atoms with Gasteiger partial charge in [0.15, 0.2) is 11.6 Å². The van der Waals surface area contributed by atoms with Crippen molar-refractivity contribution >= 4 is 0 Å². The van der Waals surface area contributed by atoms with E-state index in [4.69, 9.17) is 4.74 Å². The molecule has 0 spiro atoms. The zero-order valence-electron chi connectivity index (χ0n) is 19.0. The Labute approximate surface area is 206 Å². The van der Waals surface area contributed by atoms with Crippen LogP contribution in [0.5, 0.6) is 5.75 Å². The van der Waals surface area contributed by atoms with Crippen LogP contribution in [0.1, 0.15) is 24.5 Å². The summed E-state index contributed by atoms with van der Waals surface area (Å²) in [7, 11) is 0. The highest BCUT2D eigenvalue weighted by Gasteiger charge is 2.61. The summed E-state index contributed by atoms with van der Waals surface area (Å²) in [5.41, 5.74) is 1.10. The molecule has 37 heavy (non-hydrogen) atoms. The van der Waals surface area contributed by atoms with Crippen LogP contribution in [0.3, 0.4) is 0 Å². The van der Waals surface area contributed by atoms with Crippen molar-refractivity contribution in [3.63, 3.8) is 0 Å². The number of halogens is 8. The number of hydrogen-bond donors (Lipinski definition) is 1. The van der Waals surface area contributed by atoms with Gasteiger partial charge in [-0.2, -0.15) is 26.3 Å². The zero-order chi connectivity index (χ0) is 27.0. The van der Waals surface area contributed by atoms with Crippen LogP contribution in [0, 0.1) is 23.4 Å². The lowest BCUT2D eigenvalue weighted by molar-refractivity contribution is -0.361. The van der Waals surface area contributed by atoms with Crippen LogP contribution < -0.4 is 4.74 Å². The Bertz CT molecular complexity index is 1250. The van der Waals surface area contributed by atoms with Crippen LogP contribution in [-0.2, 0) is 4.74 Å². The van der Waals surface area contributed by atoms with E-state index < -0.39 is 47.2 Å². The third-order valence-corrected chi connectivity index (χ3v) is 6.12. The molecule has 11 heteroatoms. The Balaban J connectivity index is 1.53. The molecule has 198 valence electrons. The van der Waals surface area contributed by atoms with Crippen molar-refractivity contribution < 1.29 is 49.7 Å². The quantitative estimate of drug-likeness (QED) is 0.336. The van der Waals surface area contributed by atoms with Gasteiger partial charge in [-0.15, -0.1) is 0 Å². The molecule has 1 N–H and O–H groups in total. The first-order valence-corrected chi connectivity index (χ1v) is 11.2. The van der Waals surface area contributed by atoms with Crippen molar-refractivity contribution in [2.24, 2.45) is 5.92 Å². The highest BCUT2D eigenvalue weighted by molar-refractivity contribution is 5.71. The Kier molecular flexibility index (Phi) is 7.48. The van der Waals surface area contributed by atoms with Crippen LogP contribution in [0.4, 0.5) is 35.1 Å². The molecule has 0 saturated carbocycles. The zero-order valence-corrected chi connectivity index (χ0v) is 19.0. The Morgan fingerprint density at radius 2 is 1.46 bits per heavy atom. The van der Waals surface area contributed by atoms with Gasteiger partial charge in [-0.1, -0.05) is 36.4 Å². The largest absolute Gasteiger partial charge is 0.499 e. The van der Waals surface area contributed by atoms with E-state index in [2.05, 4.69) is 4.74 Å². The molecular weight excluding hydrogens is 512 g/mol. The summed E-state index contributed by atoms with van der Waals surface area (Å²) in [4.78, 5) is 0. The maximum absolute atomic E-state index is 14.8. The van der Waals surface area contributed by atoms with Crippen molar-refractivity contribution in [3.8, 4) is 28.0 Å². The maximum atomic E-state index is 14.8. The van der Waals surface area contributed by atoms with Gasteiger partial charge in [0.1, 0.15) is 5.82 Å². The first-order valence-electron chi connectivity index (χ1n) is 11.2. The van der Waals surface area contributed by atoms with E-state index in [1.807, 2.05) is 0 Å². The van der Waals surface area contributed by atoms with Gasteiger partial charge < -0.3 is 14.6 Å². The number of hydrogen-bond acceptors (Lipinski definition) is 3. The second-order valence-corrected chi connectivity index (χ2v) is 8.62. The molecule has 0 radical (unpaired) electrons. The van der Waals surface area contributed by atoms with Crippen molar-refractivity contribution in [3.05, 3.63) is 77.6 Å². The number of benzene rings is 3. The minimum Gasteiger partial charge on any atom is -0.423 e. The minimum atomic E-state index is -6.12. The van der Waals surface area contributed by atoms with Gasteiger partial charge in [0.05, 0.1) is 12.7 Å². The molecule has 1 aliphatic rings. The number of alkyl halides is 5. The molecule has 3 aromatic rings. The molecule has 1 saturated heterocycles. The number of aliphatic hydroxyl groups excluding tert-OH is 1. The summed E-state index contributed by atoms with van der Waals surface area (Å²) in [6.07, 6.45) is -11.0. The van der Waals surface area contributed by atoms with Crippen LogP contribution in [-0.4, -0.2) is 30.6 Å². The fourth-order valence-corrected chi connectivity index (χ4v) is 4.03. The second kappa shape index (κ2) is 10.3. The fourth-order valence-electron chi connectivity index (χ4n) is 4.03. The summed E-state index contributed by atoms with van der Waals surface area (Å²) in [5.74, 6) is -5.73. The molecule has 1 fully saturated rings. The first kappa shape index (κ1) is 26.9. The maximum Gasteiger partial charge on any atom is 0.499 e. The Hall–Kier alpha value is -3.18. The number of aliphatic hydroxyl groups is 1. The smallest absolute Gasteiger partial charge is 0.423 e. The average molecular weight is 532 g/mol. The van der Waals surface area contributed by atoms with Crippen LogP contribution in [0.2, 0.25) is 0 Å². The topological polar surface area (TPSA) is 38.7 Å². The third-order valence-electron chi connectivity index (χ3n) is 6.12. The van der Waals surface area contributed by atoms with E-state index in [0.29, 0.717) is 42.2 Å². The normalized spacial score (nSPS) is 18.6. The van der Waals surface area contributed by atoms with Crippen molar-refractivity contribution in [1.82, 2.24) is 0 Å². The highest BCUT2D eigenvalue weighted by atomic mass is 19.4. The van der Waals surface area contributed by atoms with E-state index >= 15 is 0 Å². The molecule has 1 aliphatic heterocycles. The summed E-state index contributed by atoms with van der Waals surface area (Å²) >= 11 is 0. The molecule has 1 heterocycles. The molecule has 3 nitrogen and oxygen atoms in total. The lowest BCUT2D eigenvalue weighted by Gasteiger charge is -2.28. The van der Waals surface area contributed by atoms with Crippen molar-refractivity contribution in [2.45, 2.75) is 31.2 Å². The Morgan fingerprint density at radius 1 is 0.811 bits per heavy atom. The predicted octanol–water partition coefficient (Wildman–Crippen LogP) is 7.43. The van der Waals surface area contributed by atoms with Gasteiger partial charge in [-0.05, 0) is 47.7 Å². The average Bonchev–Trinajstić information content (AvgIpc) is 2.86. The van der Waals surface area contributed by atoms with Crippen LogP contribution >= 0.6 is 0 Å². The predicted molar refractivity (Wildman–Crippen MR) is 117 cm³/mol. The first-order chi connectivity index (χ1) is 17.4. The fraction of sp³-hybridized carbons (Fsp3) is 0.308. The molecule has 4 rings (SSSR count). The van der Waals surface area contributed by atoms with Gasteiger partial charge in [-0.3, -0.25) is 0 Å². The monoisotopic (exact) mass is 532 g/mol. The lowest BCUT2D eigenvalue weighted by atomic mass is 9.93. The standard InChI is InChI=1S/C26H20F8O3/c27-20-11-17(6-7-19(20)21-9-1-14(12-35)13-36-21)15-2-4-16(5-3-15)18-8-10-22(24(29)23(18)28)37-26(33,34)25(30,31)32/h2-8,10-11,14,21,35H,1,9,12-13H2. The SMILES string of the molecule is OCC1CCC(c2ccc(-c3ccc(-c4ccc(OC(F)(F)C(F)(F)F)c(F)c4F)cc3)cc2F)OC1. The molecule has 2 unspecified atom stereocenters. The van der Waals surface area contributed by atoms with Crippen LogP contribution in [0.15, 0.2) is 54.6 Å². The number of rotatable bonds is 6. The van der Waals surface area contributed by atoms with E-state index in [0.717, 1.165) is 6.07 Å². The summed E-state index contributed by atoms with van der Waals surface area (Å²) in [6, 6.07) is 11.6. The second-order valence-electron chi connectivity index (χ2n) is 8.62. The molecule has 0 amide bonds. The lowest BCUT2D eigenvalue weighted by Crippen LogP contribution is -2.42. The molecule has 0 aliphatic carbocycles. The summed E-state index contributed by atoms with van der Waals surface area (Å²) in [5, 5.41) is 9.20. The van der Waals surface area contributed by atoms with Gasteiger partial charge in [-0.25, -0.2) is 8.78 Å². The van der Waals surface area contributed by atoms with E-state index in [1.54, 1.807) is 12.1 Å². The third kappa shape index (κ3) is 5.57. The molecule has 0 bridgehead atoms. The van der Waals surface area contributed by atoms with E-state index in [-0.39, 0.29) is 18.1 Å². The van der Waals surface area contributed by atoms with Gasteiger partial charge in [0, 0.05) is 23.7 Å². The van der Waals surface area contributed by atoms with E-state index in [1.165, 1.54) is 30.3 Å². The van der Waals surface area contributed by atoms with Gasteiger partial charge in [0.25, 0.3) is 0 Å². The van der Waals surface area contributed by atoms with Crippen molar-refractivity contribution in [2.75, 3.05) is 13.2 Å². The molecule has 2 atom stereocenters. The van der Waals surface area contributed by atoms with Crippen LogP contribution in [0.25, 0.3) is 22.3 Å². The molecule has 3 aromatic carbocycles. The van der Waals surface area contributed by atoms with E-state index in [9.17, 15) is 40.2 Å². The summed E-state index contributed by atoms with van der Waals surface area (Å²) in [6.45, 7) is 0.339. The van der Waals surface area contributed by atoms with Gasteiger partial charge >= 0.3 is 12.3 Å². The summed E-state index contributed by atoms with van der Waals surface area (Å²) < 4.78 is 116. The minimum absolute atomic E-state index is 0.00654. The molecule has 0 aromatic heterocycles. The highest BCUT2D eigenvalue weighted by Crippen LogP contribution is 2.40. The Morgan fingerprint density at radius 3 is 2.03 bits per heavy atom.